The van der Waals surface area contributed by atoms with E-state index in [9.17, 15) is 4.79 Å². The van der Waals surface area contributed by atoms with Gasteiger partial charge in [0.05, 0.1) is 0 Å². The number of amides is 1. The van der Waals surface area contributed by atoms with Crippen LogP contribution in [0.2, 0.25) is 0 Å². The van der Waals surface area contributed by atoms with Gasteiger partial charge >= 0.3 is 0 Å². The van der Waals surface area contributed by atoms with Gasteiger partial charge in [0.15, 0.2) is 6.41 Å². The van der Waals surface area contributed by atoms with Gasteiger partial charge in [-0.15, -0.1) is 0 Å². The fourth-order valence-electron chi connectivity index (χ4n) is 0.718. The fraction of sp³-hybridized carbons (Fsp3) is 0.600. The summed E-state index contributed by atoms with van der Waals surface area (Å²) in [5, 5.41) is 0. The van der Waals surface area contributed by atoms with Gasteiger partial charge in [-0.1, -0.05) is 6.42 Å². The van der Waals surface area contributed by atoms with Crippen molar-refractivity contribution in [3.05, 3.63) is 6.54 Å². The Morgan fingerprint density at radius 1 is 1.62 bits per heavy atom. The third kappa shape index (κ3) is 2.23. The third-order valence-electron chi connectivity index (χ3n) is 1.12. The van der Waals surface area contributed by atoms with Crippen molar-refractivity contribution in [1.82, 2.24) is 4.90 Å². The molecule has 0 aromatic rings. The van der Waals surface area contributed by atoms with E-state index in [4.69, 9.17) is 0 Å². The first kappa shape index (κ1) is 8.57. The number of nitrogens with zero attached hydrogens (tertiary/aromatic N) is 1. The van der Waals surface area contributed by atoms with Crippen LogP contribution in [0.1, 0.15) is 12.8 Å². The zero-order chi connectivity index (χ0) is 5.11. The minimum atomic E-state index is 0. The largest absolute Gasteiger partial charge is 0.496 e. The Labute approximate surface area is 74.5 Å². The minimum absolute atomic E-state index is 0. The van der Waals surface area contributed by atoms with Crippen molar-refractivity contribution in [2.45, 2.75) is 12.8 Å². The van der Waals surface area contributed by atoms with Gasteiger partial charge in [0.2, 0.25) is 0 Å². The maximum Gasteiger partial charge on any atom is 0.180 e. The van der Waals surface area contributed by atoms with Crippen LogP contribution in [-0.4, -0.2) is 17.9 Å². The molecule has 1 heterocycles. The molecule has 0 aromatic carbocycles. The van der Waals surface area contributed by atoms with Crippen LogP contribution in [0, 0.1) is 6.54 Å². The van der Waals surface area contributed by atoms with E-state index in [2.05, 4.69) is 0 Å². The average Bonchev–Trinajstić information content (AvgIpc) is 2.14. The zero-order valence-corrected chi connectivity index (χ0v) is 7.55. The molecule has 0 bridgehead atoms. The van der Waals surface area contributed by atoms with E-state index in [1.165, 1.54) is 0 Å². The standard InChI is InChI=1S/C5H8NO.Y/c7-5-6-3-1-2-4-6;/h3,5H,1-2,4H2;/q-1;. The van der Waals surface area contributed by atoms with E-state index in [1.54, 1.807) is 4.90 Å². The molecule has 0 aromatic heterocycles. The molecule has 0 aliphatic carbocycles. The van der Waals surface area contributed by atoms with Crippen molar-refractivity contribution in [2.75, 3.05) is 6.54 Å². The van der Waals surface area contributed by atoms with Crippen LogP contribution in [0.3, 0.4) is 0 Å². The molecule has 1 amide bonds. The Kier molecular flexibility index (Phi) is 4.77. The van der Waals surface area contributed by atoms with Crippen LogP contribution in [-0.2, 0) is 37.5 Å². The summed E-state index contributed by atoms with van der Waals surface area (Å²) in [7, 11) is 0. The molecule has 0 N–H and O–H groups in total. The molecule has 1 fully saturated rings. The molecule has 1 aliphatic heterocycles. The van der Waals surface area contributed by atoms with Gasteiger partial charge in [-0.2, -0.15) is 6.42 Å². The molecular formula is C5H8NOY-. The number of hydrogen-bond donors (Lipinski definition) is 0. The average molecular weight is 187 g/mol. The molecule has 0 saturated carbocycles. The molecule has 3 heteroatoms. The molecule has 43 valence electrons. The number of likely N-dealkylation sites (tertiary alicyclic amines) is 1. The number of carbonyl (C=O) groups is 1. The Balaban J connectivity index is 0.000000490. The van der Waals surface area contributed by atoms with Gasteiger partial charge in [0.25, 0.3) is 0 Å². The van der Waals surface area contributed by atoms with Crippen molar-refractivity contribution >= 4 is 6.41 Å². The van der Waals surface area contributed by atoms with Crippen LogP contribution >= 0.6 is 0 Å². The molecule has 8 heavy (non-hydrogen) atoms. The topological polar surface area (TPSA) is 20.3 Å². The summed E-state index contributed by atoms with van der Waals surface area (Å²) in [5.41, 5.74) is 0. The van der Waals surface area contributed by atoms with Crippen molar-refractivity contribution in [1.29, 1.82) is 0 Å². The molecule has 1 rings (SSSR count). The quantitative estimate of drug-likeness (QED) is 0.429. The van der Waals surface area contributed by atoms with Gasteiger partial charge < -0.3 is 4.90 Å². The Morgan fingerprint density at radius 3 is 2.62 bits per heavy atom. The van der Waals surface area contributed by atoms with Crippen LogP contribution in [0.4, 0.5) is 0 Å². The summed E-state index contributed by atoms with van der Waals surface area (Å²) in [4.78, 5) is 11.6. The Morgan fingerprint density at radius 2 is 2.38 bits per heavy atom. The molecule has 0 spiro atoms. The summed E-state index contributed by atoms with van der Waals surface area (Å²) >= 11 is 0. The minimum Gasteiger partial charge on any atom is -0.496 e. The summed E-state index contributed by atoms with van der Waals surface area (Å²) < 4.78 is 0. The van der Waals surface area contributed by atoms with Crippen molar-refractivity contribution in [3.63, 3.8) is 0 Å². The molecule has 0 unspecified atom stereocenters. The monoisotopic (exact) mass is 187 g/mol. The first-order valence-electron chi connectivity index (χ1n) is 2.48. The Hall–Kier alpha value is 0.574. The fourth-order valence-corrected chi connectivity index (χ4v) is 0.718. The summed E-state index contributed by atoms with van der Waals surface area (Å²) in [6.07, 6.45) is 3.07. The van der Waals surface area contributed by atoms with Crippen molar-refractivity contribution in [3.8, 4) is 0 Å². The van der Waals surface area contributed by atoms with E-state index in [0.717, 1.165) is 25.8 Å². The SMILES string of the molecule is O=CN1[CH-]CCC1.[Y]. The molecular weight excluding hydrogens is 179 g/mol. The maximum absolute atomic E-state index is 9.90. The summed E-state index contributed by atoms with van der Waals surface area (Å²) in [5.74, 6) is 0. The summed E-state index contributed by atoms with van der Waals surface area (Å²) in [6, 6.07) is 0. The second-order valence-corrected chi connectivity index (χ2v) is 1.67. The van der Waals surface area contributed by atoms with Gasteiger partial charge in [-0.3, -0.25) is 4.79 Å². The van der Waals surface area contributed by atoms with Gasteiger partial charge in [0, 0.05) is 32.7 Å². The second-order valence-electron chi connectivity index (χ2n) is 1.67. The summed E-state index contributed by atoms with van der Waals surface area (Å²) in [6.45, 7) is 2.84. The smallest absolute Gasteiger partial charge is 0.180 e. The number of rotatable bonds is 1. The number of hydrogen-bond acceptors (Lipinski definition) is 1. The van der Waals surface area contributed by atoms with Crippen LogP contribution in [0.5, 0.6) is 0 Å². The molecule has 1 radical (unpaired) electrons. The van der Waals surface area contributed by atoms with Gasteiger partial charge in [-0.25, -0.2) is 6.54 Å². The molecule has 1 aliphatic rings. The second kappa shape index (κ2) is 4.45. The third-order valence-corrected chi connectivity index (χ3v) is 1.12. The first-order valence-corrected chi connectivity index (χ1v) is 2.48. The van der Waals surface area contributed by atoms with Crippen molar-refractivity contribution in [2.24, 2.45) is 0 Å². The van der Waals surface area contributed by atoms with Gasteiger partial charge in [-0.05, 0) is 6.54 Å². The molecule has 2 nitrogen and oxygen atoms in total. The number of carbonyl (C=O) groups excluding carboxylic acids is 1. The van der Waals surface area contributed by atoms with Gasteiger partial charge in [0.1, 0.15) is 0 Å². The predicted octanol–water partition coefficient (Wildman–Crippen LogP) is 0.398. The maximum atomic E-state index is 9.90. The van der Waals surface area contributed by atoms with E-state index >= 15 is 0 Å². The zero-order valence-electron chi connectivity index (χ0n) is 4.71. The van der Waals surface area contributed by atoms with Crippen LogP contribution in [0.25, 0.3) is 0 Å². The first-order chi connectivity index (χ1) is 3.43. The molecule has 1 saturated heterocycles. The van der Waals surface area contributed by atoms with Crippen LogP contribution in [0.15, 0.2) is 0 Å². The van der Waals surface area contributed by atoms with E-state index in [1.807, 2.05) is 6.54 Å². The predicted molar refractivity (Wildman–Crippen MR) is 26.3 cm³/mol. The van der Waals surface area contributed by atoms with E-state index in [-0.39, 0.29) is 32.7 Å². The van der Waals surface area contributed by atoms with E-state index in [0.29, 0.717) is 0 Å². The molecule has 0 atom stereocenters. The van der Waals surface area contributed by atoms with Crippen LogP contribution < -0.4 is 0 Å². The normalized spacial score (nSPS) is 17.8. The Bertz CT molecular complexity index is 70.8. The van der Waals surface area contributed by atoms with E-state index < -0.39 is 0 Å². The van der Waals surface area contributed by atoms with Crippen molar-refractivity contribution < 1.29 is 37.5 Å².